The summed E-state index contributed by atoms with van der Waals surface area (Å²) in [6.07, 6.45) is 0. The largest absolute Gasteiger partial charge is 0.497 e. The quantitative estimate of drug-likeness (QED) is 0.317. The molecule has 2 heterocycles. The molecule has 7 nitrogen and oxygen atoms in total. The number of hydrogen-bond donors (Lipinski definition) is 1. The van der Waals surface area contributed by atoms with Crippen LogP contribution in [0.2, 0.25) is 0 Å². The number of amides is 1. The van der Waals surface area contributed by atoms with Gasteiger partial charge in [-0.3, -0.25) is 14.2 Å². The van der Waals surface area contributed by atoms with Crippen LogP contribution < -0.4 is 15.6 Å². The fourth-order valence-corrected chi connectivity index (χ4v) is 4.83. The van der Waals surface area contributed by atoms with Gasteiger partial charge in [-0.05, 0) is 49.6 Å². The van der Waals surface area contributed by atoms with Crippen LogP contribution in [-0.2, 0) is 11.3 Å². The molecule has 0 saturated heterocycles. The van der Waals surface area contributed by atoms with E-state index >= 15 is 0 Å². The first-order valence-corrected chi connectivity index (χ1v) is 11.8. The minimum absolute atomic E-state index is 0.126. The van der Waals surface area contributed by atoms with E-state index in [0.717, 1.165) is 28.4 Å². The second kappa shape index (κ2) is 9.54. The fraction of sp³-hybridized carbons (Fsp3) is 0.217. The van der Waals surface area contributed by atoms with Crippen molar-refractivity contribution in [3.8, 4) is 17.0 Å². The molecule has 1 N–H and O–H groups in total. The molecule has 0 aliphatic carbocycles. The Morgan fingerprint density at radius 3 is 2.53 bits per heavy atom. The Hall–Kier alpha value is -3.17. The minimum Gasteiger partial charge on any atom is -0.497 e. The van der Waals surface area contributed by atoms with Gasteiger partial charge in [0.25, 0.3) is 5.56 Å². The van der Waals surface area contributed by atoms with Crippen LogP contribution in [0.1, 0.15) is 12.5 Å². The number of nitrogens with zero attached hydrogens (tertiary/aromatic N) is 3. The Bertz CT molecular complexity index is 1310. The molecule has 32 heavy (non-hydrogen) atoms. The van der Waals surface area contributed by atoms with Crippen LogP contribution in [0.15, 0.2) is 58.5 Å². The number of nitrogens with one attached hydrogen (secondary N) is 1. The molecule has 0 unspecified atom stereocenters. The first-order valence-electron chi connectivity index (χ1n) is 10.0. The summed E-state index contributed by atoms with van der Waals surface area (Å²) >= 11 is 2.40. The maximum absolute atomic E-state index is 13.0. The van der Waals surface area contributed by atoms with E-state index in [1.807, 2.05) is 38.1 Å². The number of carbonyl (C=O) groups is 1. The Kier molecular flexibility index (Phi) is 6.57. The first kappa shape index (κ1) is 22.0. The Morgan fingerprint density at radius 1 is 1.16 bits per heavy atom. The van der Waals surface area contributed by atoms with E-state index in [2.05, 4.69) is 9.69 Å². The Morgan fingerprint density at radius 2 is 1.88 bits per heavy atom. The van der Waals surface area contributed by atoms with Gasteiger partial charge in [-0.1, -0.05) is 41.6 Å². The highest BCUT2D eigenvalue weighted by molar-refractivity contribution is 7.99. The molecule has 0 aliphatic rings. The first-order chi connectivity index (χ1) is 15.5. The van der Waals surface area contributed by atoms with E-state index in [-0.39, 0.29) is 17.2 Å². The van der Waals surface area contributed by atoms with Crippen molar-refractivity contribution < 1.29 is 9.53 Å². The summed E-state index contributed by atoms with van der Waals surface area (Å²) in [5, 5.41) is 3.35. The van der Waals surface area contributed by atoms with Crippen molar-refractivity contribution in [2.45, 2.75) is 25.5 Å². The summed E-state index contributed by atoms with van der Waals surface area (Å²) in [5.41, 5.74) is 3.87. The molecular formula is C23H22N4O3S2. The van der Waals surface area contributed by atoms with Crippen LogP contribution in [0.4, 0.5) is 5.69 Å². The van der Waals surface area contributed by atoms with E-state index in [4.69, 9.17) is 9.72 Å². The highest BCUT2D eigenvalue weighted by Crippen LogP contribution is 2.29. The summed E-state index contributed by atoms with van der Waals surface area (Å²) in [6.45, 7) is 4.37. The lowest BCUT2D eigenvalue weighted by Gasteiger charge is -2.10. The predicted octanol–water partition coefficient (Wildman–Crippen LogP) is 4.59. The molecule has 1 amide bonds. The highest BCUT2D eigenvalue weighted by Gasteiger charge is 2.18. The number of methoxy groups -OCH3 is 1. The lowest BCUT2D eigenvalue weighted by Crippen LogP contribution is -2.22. The third-order valence-corrected chi connectivity index (χ3v) is 6.69. The topological polar surface area (TPSA) is 86.1 Å². The molecule has 9 heteroatoms. The SMILES string of the molecule is CCn1c(SCC(=O)Nc2ccc(OC)cc2)nc2c(-c3ccc(C)cc3)nsc2c1=O. The zero-order valence-electron chi connectivity index (χ0n) is 17.9. The highest BCUT2D eigenvalue weighted by atomic mass is 32.2. The van der Waals surface area contributed by atoms with Gasteiger partial charge in [0.15, 0.2) is 5.16 Å². The van der Waals surface area contributed by atoms with Gasteiger partial charge in [0.1, 0.15) is 21.7 Å². The van der Waals surface area contributed by atoms with Gasteiger partial charge in [-0.2, -0.15) is 4.37 Å². The molecule has 2 aromatic heterocycles. The number of fused-ring (bicyclic) bond motifs is 1. The van der Waals surface area contributed by atoms with Crippen molar-refractivity contribution in [1.29, 1.82) is 0 Å². The molecule has 164 valence electrons. The third-order valence-electron chi connectivity index (χ3n) is 4.89. The number of anilines is 1. The van der Waals surface area contributed by atoms with Crippen molar-refractivity contribution in [3.63, 3.8) is 0 Å². The van der Waals surface area contributed by atoms with Crippen LogP contribution in [0, 0.1) is 6.92 Å². The van der Waals surface area contributed by atoms with Gasteiger partial charge in [0.2, 0.25) is 5.91 Å². The Labute approximate surface area is 193 Å². The molecule has 0 bridgehead atoms. The number of aryl methyl sites for hydroxylation is 1. The van der Waals surface area contributed by atoms with Gasteiger partial charge in [-0.15, -0.1) is 0 Å². The summed E-state index contributed by atoms with van der Waals surface area (Å²) in [7, 11) is 1.59. The van der Waals surface area contributed by atoms with Crippen molar-refractivity contribution in [2.24, 2.45) is 0 Å². The van der Waals surface area contributed by atoms with E-state index < -0.39 is 0 Å². The number of ether oxygens (including phenoxy) is 1. The van der Waals surface area contributed by atoms with Gasteiger partial charge in [0.05, 0.1) is 12.9 Å². The fourth-order valence-electron chi connectivity index (χ4n) is 3.19. The monoisotopic (exact) mass is 466 g/mol. The standard InChI is InChI=1S/C23H22N4O3S2/c1-4-27-22(29)21-20(19(26-32-21)15-7-5-14(2)6-8-15)25-23(27)31-13-18(28)24-16-9-11-17(30-3)12-10-16/h5-12H,4,13H2,1-3H3,(H,24,28). The van der Waals surface area contributed by atoms with Crippen molar-refractivity contribution in [2.75, 3.05) is 18.2 Å². The minimum atomic E-state index is -0.181. The maximum atomic E-state index is 13.0. The molecule has 0 aliphatic heterocycles. The predicted molar refractivity (Wildman–Crippen MR) is 130 cm³/mol. The van der Waals surface area contributed by atoms with Crippen molar-refractivity contribution in [1.82, 2.24) is 13.9 Å². The lowest BCUT2D eigenvalue weighted by molar-refractivity contribution is -0.113. The van der Waals surface area contributed by atoms with Gasteiger partial charge in [0, 0.05) is 17.8 Å². The van der Waals surface area contributed by atoms with Crippen LogP contribution >= 0.6 is 23.3 Å². The number of thioether (sulfide) groups is 1. The summed E-state index contributed by atoms with van der Waals surface area (Å²) in [6, 6.07) is 15.1. The zero-order chi connectivity index (χ0) is 22.7. The second-order valence-corrected chi connectivity index (χ2v) is 8.80. The molecule has 4 rings (SSSR count). The molecule has 2 aromatic carbocycles. The molecule has 0 spiro atoms. The number of rotatable bonds is 7. The molecule has 0 saturated carbocycles. The van der Waals surface area contributed by atoms with Crippen LogP contribution in [-0.4, -0.2) is 32.7 Å². The molecular weight excluding hydrogens is 444 g/mol. The van der Waals surface area contributed by atoms with E-state index in [9.17, 15) is 9.59 Å². The van der Waals surface area contributed by atoms with Crippen LogP contribution in [0.25, 0.3) is 21.5 Å². The molecule has 0 fully saturated rings. The van der Waals surface area contributed by atoms with Crippen molar-refractivity contribution >= 4 is 45.1 Å². The average Bonchev–Trinajstić information content (AvgIpc) is 3.23. The summed E-state index contributed by atoms with van der Waals surface area (Å²) in [5.74, 6) is 0.663. The zero-order valence-corrected chi connectivity index (χ0v) is 19.5. The van der Waals surface area contributed by atoms with Gasteiger partial charge in [-0.25, -0.2) is 4.98 Å². The lowest BCUT2D eigenvalue weighted by atomic mass is 10.1. The normalized spacial score (nSPS) is 11.0. The van der Waals surface area contributed by atoms with E-state index in [1.165, 1.54) is 11.8 Å². The summed E-state index contributed by atoms with van der Waals surface area (Å²) < 4.78 is 11.7. The molecule has 0 atom stereocenters. The van der Waals surface area contributed by atoms with Crippen LogP contribution in [0.5, 0.6) is 5.75 Å². The molecule has 4 aromatic rings. The van der Waals surface area contributed by atoms with E-state index in [0.29, 0.717) is 33.3 Å². The Balaban J connectivity index is 1.59. The maximum Gasteiger partial charge on any atom is 0.273 e. The number of aromatic nitrogens is 3. The molecule has 0 radical (unpaired) electrons. The number of hydrogen-bond acceptors (Lipinski definition) is 7. The average molecular weight is 467 g/mol. The number of benzene rings is 2. The second-order valence-electron chi connectivity index (χ2n) is 7.08. The number of carbonyl (C=O) groups excluding carboxylic acids is 1. The smallest absolute Gasteiger partial charge is 0.273 e. The van der Waals surface area contributed by atoms with E-state index in [1.54, 1.807) is 35.9 Å². The van der Waals surface area contributed by atoms with Gasteiger partial charge < -0.3 is 10.1 Å². The van der Waals surface area contributed by atoms with Crippen LogP contribution in [0.3, 0.4) is 0 Å². The summed E-state index contributed by atoms with van der Waals surface area (Å²) in [4.78, 5) is 30.3. The third kappa shape index (κ3) is 4.53. The van der Waals surface area contributed by atoms with Crippen molar-refractivity contribution in [3.05, 3.63) is 64.4 Å². The van der Waals surface area contributed by atoms with Gasteiger partial charge >= 0.3 is 0 Å².